The lowest BCUT2D eigenvalue weighted by Gasteiger charge is -2.14. The van der Waals surface area contributed by atoms with Gasteiger partial charge in [-0.25, -0.2) is 14.0 Å². The molecule has 1 unspecified atom stereocenters. The molecule has 0 saturated carbocycles. The maximum absolute atomic E-state index is 12.9. The first-order chi connectivity index (χ1) is 17.7. The fourth-order valence-electron chi connectivity index (χ4n) is 3.14. The Labute approximate surface area is 213 Å². The van der Waals surface area contributed by atoms with Gasteiger partial charge < -0.3 is 26.2 Å². The summed E-state index contributed by atoms with van der Waals surface area (Å²) in [6, 6.07) is 10.7. The van der Waals surface area contributed by atoms with Crippen LogP contribution in [0.2, 0.25) is 0 Å². The van der Waals surface area contributed by atoms with Crippen LogP contribution in [0.1, 0.15) is 48.0 Å². The van der Waals surface area contributed by atoms with Crippen molar-refractivity contribution in [2.75, 3.05) is 13.1 Å². The van der Waals surface area contributed by atoms with Crippen molar-refractivity contribution in [3.05, 3.63) is 65.5 Å². The van der Waals surface area contributed by atoms with Gasteiger partial charge >= 0.3 is 18.0 Å². The van der Waals surface area contributed by atoms with E-state index in [4.69, 9.17) is 10.2 Å². The Bertz CT molecular complexity index is 1080. The molecule has 0 heterocycles. The number of carboxylic acid groups (broad SMARTS) is 2. The summed E-state index contributed by atoms with van der Waals surface area (Å²) >= 11 is 0. The van der Waals surface area contributed by atoms with Gasteiger partial charge in [-0.2, -0.15) is 10.2 Å². The lowest BCUT2D eigenvalue weighted by Crippen LogP contribution is -2.46. The van der Waals surface area contributed by atoms with Crippen LogP contribution >= 0.6 is 0 Å². The zero-order chi connectivity index (χ0) is 27.0. The molecule has 0 radical (unpaired) electrons. The predicted octanol–water partition coefficient (Wildman–Crippen LogP) is 3.63. The minimum atomic E-state index is -1.30. The Balaban J connectivity index is 1.59. The van der Waals surface area contributed by atoms with Gasteiger partial charge in [0.05, 0.1) is 12.2 Å². The van der Waals surface area contributed by atoms with E-state index in [1.54, 1.807) is 36.4 Å². The maximum atomic E-state index is 12.9. The molecule has 1 atom stereocenters. The number of urea groups is 1. The van der Waals surface area contributed by atoms with E-state index in [1.165, 1.54) is 12.1 Å². The number of benzene rings is 2. The van der Waals surface area contributed by atoms with Crippen molar-refractivity contribution in [3.63, 3.8) is 0 Å². The zero-order valence-corrected chi connectivity index (χ0v) is 20.2. The maximum Gasteiger partial charge on any atom is 0.326 e. The number of carbonyl (C=O) groups is 4. The van der Waals surface area contributed by atoms with Gasteiger partial charge in [-0.15, -0.1) is 0 Å². The second-order valence-electron chi connectivity index (χ2n) is 8.11. The molecule has 198 valence electrons. The highest BCUT2D eigenvalue weighted by Gasteiger charge is 2.20. The lowest BCUT2D eigenvalue weighted by atomic mass is 10.1. The normalized spacial score (nSPS) is 11.6. The molecule has 0 aliphatic heterocycles. The molecule has 11 nitrogen and oxygen atoms in total. The number of hydrogen-bond acceptors (Lipinski definition) is 6. The first-order valence-corrected chi connectivity index (χ1v) is 11.7. The van der Waals surface area contributed by atoms with Crippen LogP contribution in [-0.4, -0.2) is 53.2 Å². The summed E-state index contributed by atoms with van der Waals surface area (Å²) in [6.07, 6.45) is 1.45. The summed E-state index contributed by atoms with van der Waals surface area (Å²) in [5.74, 6) is -2.98. The molecule has 0 aromatic heterocycles. The van der Waals surface area contributed by atoms with Crippen LogP contribution in [0.25, 0.3) is 0 Å². The number of aliphatic carboxylic acids is 2. The SMILES string of the molecule is O=C(O)CCC(NC(=O)NCCCCCNC(=O)c1ccc(N=NCc2ccc([18F])cc2)cc1)C(=O)O. The molecule has 0 bridgehead atoms. The van der Waals surface area contributed by atoms with Crippen LogP contribution in [0, 0.1) is 5.82 Å². The molecule has 0 saturated heterocycles. The third-order valence-corrected chi connectivity index (χ3v) is 5.16. The van der Waals surface area contributed by atoms with E-state index in [1.807, 2.05) is 0 Å². The summed E-state index contributed by atoms with van der Waals surface area (Å²) < 4.78 is 12.9. The molecule has 0 spiro atoms. The smallest absolute Gasteiger partial charge is 0.326 e. The number of unbranched alkanes of at least 4 members (excludes halogenated alkanes) is 2. The van der Waals surface area contributed by atoms with Gasteiger partial charge in [0.1, 0.15) is 11.9 Å². The predicted molar refractivity (Wildman–Crippen MR) is 132 cm³/mol. The number of hydrogen-bond donors (Lipinski definition) is 5. The molecule has 12 heteroatoms. The molecular weight excluding hydrogens is 484 g/mol. The Morgan fingerprint density at radius 2 is 1.51 bits per heavy atom. The second-order valence-corrected chi connectivity index (χ2v) is 8.11. The number of rotatable bonds is 15. The van der Waals surface area contributed by atoms with Crippen molar-refractivity contribution in [2.45, 2.75) is 44.7 Å². The largest absolute Gasteiger partial charge is 0.481 e. The van der Waals surface area contributed by atoms with Crippen molar-refractivity contribution in [1.82, 2.24) is 16.0 Å². The molecule has 0 aliphatic rings. The topological polar surface area (TPSA) is 170 Å². The molecule has 2 aromatic rings. The number of amides is 3. The first-order valence-electron chi connectivity index (χ1n) is 11.7. The number of azo groups is 1. The van der Waals surface area contributed by atoms with Gasteiger partial charge in [-0.3, -0.25) is 9.59 Å². The lowest BCUT2D eigenvalue weighted by molar-refractivity contribution is -0.140. The van der Waals surface area contributed by atoms with Crippen LogP contribution in [0.5, 0.6) is 0 Å². The Morgan fingerprint density at radius 3 is 2.14 bits per heavy atom. The number of nitrogens with one attached hydrogen (secondary N) is 3. The standard InChI is InChI=1S/C25H30FN5O6/c26-19-8-4-17(5-9-19)16-29-31-20-10-6-18(7-11-20)23(34)27-14-2-1-3-15-28-25(37)30-21(24(35)36)12-13-22(32)33/h4-11,21H,1-3,12-16H2,(H,27,34)(H,32,33)(H,35,36)(H2,28,30,37)/i26-1. The minimum Gasteiger partial charge on any atom is -0.481 e. The fraction of sp³-hybridized carbons (Fsp3) is 0.360. The summed E-state index contributed by atoms with van der Waals surface area (Å²) in [5.41, 5.74) is 1.90. The number of carbonyl (C=O) groups excluding carboxylic acids is 2. The minimum absolute atomic E-state index is 0.206. The number of carboxylic acids is 2. The van der Waals surface area contributed by atoms with Crippen LogP contribution in [0.15, 0.2) is 58.8 Å². The quantitative estimate of drug-likeness (QED) is 0.179. The third kappa shape index (κ3) is 11.8. The molecule has 5 N–H and O–H groups in total. The Morgan fingerprint density at radius 1 is 0.865 bits per heavy atom. The monoisotopic (exact) mass is 514 g/mol. The van der Waals surface area contributed by atoms with E-state index >= 15 is 0 Å². The molecule has 2 aromatic carbocycles. The third-order valence-electron chi connectivity index (χ3n) is 5.16. The molecular formula is C25H30FN5O6. The van der Waals surface area contributed by atoms with E-state index in [-0.39, 0.29) is 24.6 Å². The van der Waals surface area contributed by atoms with Gasteiger partial charge in [0.15, 0.2) is 0 Å². The second kappa shape index (κ2) is 15.6. The van der Waals surface area contributed by atoms with Crippen molar-refractivity contribution in [2.24, 2.45) is 10.2 Å². The molecule has 0 fully saturated rings. The summed E-state index contributed by atoms with van der Waals surface area (Å²) in [4.78, 5) is 45.7. The molecule has 37 heavy (non-hydrogen) atoms. The summed E-state index contributed by atoms with van der Waals surface area (Å²) in [5, 5.41) is 33.4. The average Bonchev–Trinajstić information content (AvgIpc) is 2.87. The summed E-state index contributed by atoms with van der Waals surface area (Å²) in [6.45, 7) is 1.07. The molecule has 3 amide bonds. The molecule has 2 rings (SSSR count). The van der Waals surface area contributed by atoms with Crippen molar-refractivity contribution in [3.8, 4) is 0 Å². The van der Waals surface area contributed by atoms with Gasteiger partial charge in [0, 0.05) is 25.1 Å². The first kappa shape index (κ1) is 28.9. The zero-order valence-electron chi connectivity index (χ0n) is 20.2. The Hall–Kier alpha value is -4.35. The highest BCUT2D eigenvalue weighted by atomic mass is 18.2. The van der Waals surface area contributed by atoms with Crippen molar-refractivity contribution >= 4 is 29.6 Å². The van der Waals surface area contributed by atoms with Crippen LogP contribution in [0.3, 0.4) is 0 Å². The Kier molecular flexibility index (Phi) is 12.2. The van der Waals surface area contributed by atoms with Gasteiger partial charge in [-0.1, -0.05) is 12.1 Å². The summed E-state index contributed by atoms with van der Waals surface area (Å²) in [7, 11) is 0. The van der Waals surface area contributed by atoms with E-state index in [2.05, 4.69) is 26.2 Å². The van der Waals surface area contributed by atoms with E-state index in [9.17, 15) is 23.6 Å². The van der Waals surface area contributed by atoms with E-state index in [0.29, 0.717) is 43.7 Å². The van der Waals surface area contributed by atoms with Gasteiger partial charge in [-0.05, 0) is 67.6 Å². The highest BCUT2D eigenvalue weighted by molar-refractivity contribution is 5.94. The van der Waals surface area contributed by atoms with Gasteiger partial charge in [0.2, 0.25) is 0 Å². The molecule has 0 aliphatic carbocycles. The average molecular weight is 515 g/mol. The van der Waals surface area contributed by atoms with Crippen LogP contribution < -0.4 is 16.0 Å². The van der Waals surface area contributed by atoms with Crippen LogP contribution in [0.4, 0.5) is 14.9 Å². The number of nitrogens with zero attached hydrogens (tertiary/aromatic N) is 2. The fourth-order valence-corrected chi connectivity index (χ4v) is 3.14. The van der Waals surface area contributed by atoms with Crippen molar-refractivity contribution in [1.29, 1.82) is 0 Å². The highest BCUT2D eigenvalue weighted by Crippen LogP contribution is 2.15. The van der Waals surface area contributed by atoms with Crippen molar-refractivity contribution < 1.29 is 33.8 Å². The van der Waals surface area contributed by atoms with E-state index in [0.717, 1.165) is 12.0 Å². The van der Waals surface area contributed by atoms with Gasteiger partial charge in [0.25, 0.3) is 5.91 Å². The number of halogens is 1. The van der Waals surface area contributed by atoms with Crippen LogP contribution in [-0.2, 0) is 16.1 Å². The van der Waals surface area contributed by atoms with E-state index < -0.39 is 24.0 Å².